The SMILES string of the molecule is C[C@H]([C@H](C[Se]c1ccccc1)CC(=O)O)[C@@H](C)OC(=O)c1ccc(Cl)cc1. The van der Waals surface area contributed by atoms with Crippen molar-refractivity contribution < 1.29 is 19.4 Å². The molecule has 0 fully saturated rings. The summed E-state index contributed by atoms with van der Waals surface area (Å²) >= 11 is 6.02. The van der Waals surface area contributed by atoms with Crippen LogP contribution in [0.15, 0.2) is 54.6 Å². The molecule has 27 heavy (non-hydrogen) atoms. The zero-order valence-corrected chi connectivity index (χ0v) is 17.8. The van der Waals surface area contributed by atoms with Crippen LogP contribution >= 0.6 is 11.6 Å². The van der Waals surface area contributed by atoms with E-state index in [9.17, 15) is 14.7 Å². The summed E-state index contributed by atoms with van der Waals surface area (Å²) in [6, 6.07) is 16.6. The molecule has 144 valence electrons. The van der Waals surface area contributed by atoms with Crippen LogP contribution in [0.5, 0.6) is 0 Å². The fraction of sp³-hybridized carbons (Fsp3) is 0.333. The van der Waals surface area contributed by atoms with Gasteiger partial charge >= 0.3 is 171 Å². The Balaban J connectivity index is 1.99. The van der Waals surface area contributed by atoms with Gasteiger partial charge in [0, 0.05) is 0 Å². The van der Waals surface area contributed by atoms with E-state index in [1.54, 1.807) is 24.3 Å². The summed E-state index contributed by atoms with van der Waals surface area (Å²) in [5.41, 5.74) is 0.432. The molecule has 0 heterocycles. The fourth-order valence-electron chi connectivity index (χ4n) is 2.65. The van der Waals surface area contributed by atoms with Gasteiger partial charge in [0.05, 0.1) is 0 Å². The first-order valence-electron chi connectivity index (χ1n) is 8.73. The van der Waals surface area contributed by atoms with Crippen molar-refractivity contribution in [1.82, 2.24) is 0 Å². The number of carboxylic acid groups (broad SMARTS) is 1. The number of ether oxygens (including phenoxy) is 1. The molecule has 0 radical (unpaired) electrons. The molecule has 2 aromatic carbocycles. The molecule has 0 saturated carbocycles. The fourth-order valence-corrected chi connectivity index (χ4v) is 5.25. The van der Waals surface area contributed by atoms with E-state index >= 15 is 0 Å². The van der Waals surface area contributed by atoms with E-state index in [0.717, 1.165) is 5.32 Å². The average molecular weight is 454 g/mol. The molecular formula is C21H23ClO4Se. The summed E-state index contributed by atoms with van der Waals surface area (Å²) in [4.78, 5) is 23.6. The number of benzene rings is 2. The molecule has 0 bridgehead atoms. The predicted molar refractivity (Wildman–Crippen MR) is 108 cm³/mol. The number of halogens is 1. The molecule has 0 aliphatic carbocycles. The third-order valence-corrected chi connectivity index (χ3v) is 7.27. The van der Waals surface area contributed by atoms with Crippen LogP contribution in [-0.4, -0.2) is 38.1 Å². The minimum atomic E-state index is -0.827. The molecule has 3 atom stereocenters. The van der Waals surface area contributed by atoms with Gasteiger partial charge in [0.15, 0.2) is 0 Å². The molecule has 0 saturated heterocycles. The minimum absolute atomic E-state index is 0.0595. The topological polar surface area (TPSA) is 63.6 Å². The average Bonchev–Trinajstić information content (AvgIpc) is 2.65. The molecular weight excluding hydrogens is 431 g/mol. The zero-order chi connectivity index (χ0) is 19.8. The summed E-state index contributed by atoms with van der Waals surface area (Å²) in [7, 11) is 0. The van der Waals surface area contributed by atoms with Crippen molar-refractivity contribution >= 4 is 43.0 Å². The second kappa shape index (κ2) is 10.5. The van der Waals surface area contributed by atoms with E-state index < -0.39 is 11.9 Å². The molecule has 0 amide bonds. The van der Waals surface area contributed by atoms with Crippen molar-refractivity contribution in [3.05, 3.63) is 65.2 Å². The Morgan fingerprint density at radius 1 is 1.07 bits per heavy atom. The summed E-state index contributed by atoms with van der Waals surface area (Å²) in [5.74, 6) is -1.38. The van der Waals surface area contributed by atoms with Crippen molar-refractivity contribution in [3.63, 3.8) is 0 Å². The number of carbonyl (C=O) groups excluding carboxylic acids is 1. The van der Waals surface area contributed by atoms with Crippen LogP contribution in [0.25, 0.3) is 0 Å². The van der Waals surface area contributed by atoms with Crippen molar-refractivity contribution in [2.75, 3.05) is 0 Å². The second-order valence-electron chi connectivity index (χ2n) is 6.46. The van der Waals surface area contributed by atoms with Gasteiger partial charge < -0.3 is 0 Å². The van der Waals surface area contributed by atoms with E-state index in [1.807, 2.05) is 32.0 Å². The number of aliphatic carboxylic acids is 1. The third-order valence-electron chi connectivity index (χ3n) is 4.50. The first-order chi connectivity index (χ1) is 12.9. The van der Waals surface area contributed by atoms with Gasteiger partial charge in [-0.3, -0.25) is 0 Å². The maximum absolute atomic E-state index is 12.3. The van der Waals surface area contributed by atoms with Gasteiger partial charge in [-0.1, -0.05) is 0 Å². The van der Waals surface area contributed by atoms with E-state index in [2.05, 4.69) is 12.1 Å². The Labute approximate surface area is 171 Å². The Morgan fingerprint density at radius 2 is 1.70 bits per heavy atom. The van der Waals surface area contributed by atoms with E-state index in [-0.39, 0.29) is 39.3 Å². The molecule has 2 rings (SSSR count). The molecule has 6 heteroatoms. The molecule has 2 aromatic rings. The van der Waals surface area contributed by atoms with E-state index in [0.29, 0.717) is 10.6 Å². The van der Waals surface area contributed by atoms with Crippen LogP contribution < -0.4 is 4.46 Å². The van der Waals surface area contributed by atoms with Crippen molar-refractivity contribution in [2.45, 2.75) is 31.7 Å². The molecule has 1 N–H and O–H groups in total. The Morgan fingerprint density at radius 3 is 2.30 bits per heavy atom. The van der Waals surface area contributed by atoms with Crippen LogP contribution in [0.3, 0.4) is 0 Å². The number of hydrogen-bond donors (Lipinski definition) is 1. The van der Waals surface area contributed by atoms with E-state index in [4.69, 9.17) is 16.3 Å². The van der Waals surface area contributed by atoms with Gasteiger partial charge in [0.1, 0.15) is 0 Å². The van der Waals surface area contributed by atoms with Crippen LogP contribution in [0.1, 0.15) is 30.6 Å². The predicted octanol–water partition coefficient (Wildman–Crippen LogP) is 4.06. The number of hydrogen-bond acceptors (Lipinski definition) is 3. The van der Waals surface area contributed by atoms with Crippen molar-refractivity contribution in [1.29, 1.82) is 0 Å². The van der Waals surface area contributed by atoms with Crippen LogP contribution in [0.4, 0.5) is 0 Å². The van der Waals surface area contributed by atoms with Crippen LogP contribution in [0.2, 0.25) is 10.3 Å². The molecule has 0 aromatic heterocycles. The Kier molecular flexibility index (Phi) is 8.36. The van der Waals surface area contributed by atoms with Gasteiger partial charge in [-0.25, -0.2) is 0 Å². The zero-order valence-electron chi connectivity index (χ0n) is 15.3. The Hall–Kier alpha value is -1.81. The van der Waals surface area contributed by atoms with Gasteiger partial charge in [0.25, 0.3) is 0 Å². The number of carboxylic acids is 1. The first kappa shape index (κ1) is 21.5. The quantitative estimate of drug-likeness (QED) is 0.459. The summed E-state index contributed by atoms with van der Waals surface area (Å²) in [6.07, 6.45) is -0.317. The number of rotatable bonds is 9. The molecule has 0 spiro atoms. The van der Waals surface area contributed by atoms with Gasteiger partial charge in [0.2, 0.25) is 0 Å². The number of carbonyl (C=O) groups is 2. The standard InChI is InChI=1S/C21H23ClO4Se/c1-14(15(2)26-21(25)16-8-10-18(22)11-9-16)17(12-20(23)24)13-27-19-6-4-3-5-7-19/h3-11,14-15,17H,12-13H2,1-2H3,(H,23,24)/t14-,15+,17-/m0/s1. The van der Waals surface area contributed by atoms with Crippen LogP contribution in [-0.2, 0) is 9.53 Å². The molecule has 0 aliphatic heterocycles. The number of esters is 1. The van der Waals surface area contributed by atoms with Gasteiger partial charge in [-0.15, -0.1) is 0 Å². The Bertz CT molecular complexity index is 749. The van der Waals surface area contributed by atoms with E-state index in [1.165, 1.54) is 4.46 Å². The van der Waals surface area contributed by atoms with Crippen LogP contribution in [0, 0.1) is 11.8 Å². The molecule has 0 unspecified atom stereocenters. The van der Waals surface area contributed by atoms with Crippen molar-refractivity contribution in [2.24, 2.45) is 11.8 Å². The van der Waals surface area contributed by atoms with Crippen molar-refractivity contribution in [3.8, 4) is 0 Å². The summed E-state index contributed by atoms with van der Waals surface area (Å²) in [5, 5.41) is 10.6. The molecule has 0 aliphatic rings. The second-order valence-corrected chi connectivity index (χ2v) is 9.19. The van der Waals surface area contributed by atoms with Gasteiger partial charge in [-0.2, -0.15) is 0 Å². The monoisotopic (exact) mass is 454 g/mol. The van der Waals surface area contributed by atoms with Gasteiger partial charge in [-0.05, 0) is 0 Å². The molecule has 4 nitrogen and oxygen atoms in total. The normalized spacial score (nSPS) is 14.2. The third kappa shape index (κ3) is 7.02. The first-order valence-corrected chi connectivity index (χ1v) is 11.2. The maximum atomic E-state index is 12.3. The summed E-state index contributed by atoms with van der Waals surface area (Å²) in [6.45, 7) is 3.78. The summed E-state index contributed by atoms with van der Waals surface area (Å²) < 4.78 is 6.82.